The van der Waals surface area contributed by atoms with Crippen molar-refractivity contribution in [2.75, 3.05) is 7.11 Å². The lowest BCUT2D eigenvalue weighted by Gasteiger charge is -2.30. The molecule has 1 aromatic heterocycles. The first kappa shape index (κ1) is 23.1. The molecule has 2 heterocycles. The van der Waals surface area contributed by atoms with E-state index in [2.05, 4.69) is 18.2 Å². The zero-order valence-electron chi connectivity index (χ0n) is 19.2. The minimum absolute atomic E-state index is 0.132. The van der Waals surface area contributed by atoms with Gasteiger partial charge in [0, 0.05) is 10.6 Å². The molecule has 4 aromatic rings. The molecule has 1 aliphatic carbocycles. The molecule has 8 heteroatoms. The third-order valence-corrected chi connectivity index (χ3v) is 8.15. The summed E-state index contributed by atoms with van der Waals surface area (Å²) in [4.78, 5) is 19.5. The van der Waals surface area contributed by atoms with Crippen LogP contribution in [-0.2, 0) is 6.42 Å². The highest BCUT2D eigenvalue weighted by Crippen LogP contribution is 2.41. The number of aromatic nitrogens is 1. The van der Waals surface area contributed by atoms with Gasteiger partial charge in [-0.2, -0.15) is 0 Å². The Balaban J connectivity index is 1.61. The number of hydrogen-bond donors (Lipinski definition) is 1. The van der Waals surface area contributed by atoms with Crippen LogP contribution in [0, 0.1) is 0 Å². The van der Waals surface area contributed by atoms with Crippen LogP contribution < -0.4 is 19.6 Å². The first-order valence-corrected chi connectivity index (χ1v) is 13.0. The van der Waals surface area contributed by atoms with Crippen LogP contribution in [0.25, 0.3) is 11.8 Å². The van der Waals surface area contributed by atoms with E-state index in [0.717, 1.165) is 35.2 Å². The van der Waals surface area contributed by atoms with E-state index in [-0.39, 0.29) is 28.1 Å². The average Bonchev–Trinajstić information content (AvgIpc) is 3.19. The van der Waals surface area contributed by atoms with Crippen LogP contribution in [0.3, 0.4) is 0 Å². The number of allylic oxidation sites excluding steroid dienone is 1. The number of halogens is 2. The number of hydrogen-bond acceptors (Lipinski definition) is 5. The standard InChI is InChI=1S/C28H20Cl2N2O3S/c1-35-22-13-15(12-21(30)26(22)33)14-23-27(34)32-25(17-6-9-18(29)10-7-17)20-11-8-16-4-2-3-5-19(16)24(20)31-28(32)36-23/h2-7,9-10,12-14,25,33H,8,11H2,1H3/b23-14+/t25-/m1/s1. The fourth-order valence-electron chi connectivity index (χ4n) is 4.95. The van der Waals surface area contributed by atoms with Crippen LogP contribution in [-0.4, -0.2) is 16.8 Å². The first-order valence-electron chi connectivity index (χ1n) is 11.4. The second kappa shape index (κ2) is 8.96. The van der Waals surface area contributed by atoms with Gasteiger partial charge in [-0.15, -0.1) is 0 Å². The lowest BCUT2D eigenvalue weighted by Crippen LogP contribution is -2.38. The summed E-state index contributed by atoms with van der Waals surface area (Å²) in [5, 5.41) is 10.9. The highest BCUT2D eigenvalue weighted by Gasteiger charge is 2.32. The Morgan fingerprint density at radius 3 is 2.67 bits per heavy atom. The summed E-state index contributed by atoms with van der Waals surface area (Å²) >= 11 is 13.7. The monoisotopic (exact) mass is 534 g/mol. The molecule has 3 aromatic carbocycles. The molecule has 36 heavy (non-hydrogen) atoms. The van der Waals surface area contributed by atoms with Gasteiger partial charge in [-0.25, -0.2) is 4.99 Å². The van der Waals surface area contributed by atoms with Crippen molar-refractivity contribution >= 4 is 46.3 Å². The lowest BCUT2D eigenvalue weighted by atomic mass is 9.83. The number of aromatic hydroxyl groups is 1. The van der Waals surface area contributed by atoms with E-state index in [1.165, 1.54) is 24.0 Å². The summed E-state index contributed by atoms with van der Waals surface area (Å²) in [6.45, 7) is 0. The molecule has 0 saturated heterocycles. The Kier molecular flexibility index (Phi) is 5.75. The van der Waals surface area contributed by atoms with Gasteiger partial charge in [-0.3, -0.25) is 9.36 Å². The second-order valence-electron chi connectivity index (χ2n) is 8.72. The summed E-state index contributed by atoms with van der Waals surface area (Å²) in [6.07, 6.45) is 3.47. The Hall–Kier alpha value is -3.32. The molecule has 0 unspecified atom stereocenters. The van der Waals surface area contributed by atoms with Gasteiger partial charge >= 0.3 is 0 Å². The maximum absolute atomic E-state index is 13.8. The summed E-state index contributed by atoms with van der Waals surface area (Å²) in [5.74, 6) is 0.111. The van der Waals surface area contributed by atoms with Crippen LogP contribution in [0.1, 0.15) is 34.7 Å². The van der Waals surface area contributed by atoms with Gasteiger partial charge in [0.2, 0.25) is 0 Å². The number of aryl methyl sites for hydroxylation is 1. The lowest BCUT2D eigenvalue weighted by molar-refractivity contribution is 0.373. The molecular weight excluding hydrogens is 515 g/mol. The van der Waals surface area contributed by atoms with Crippen molar-refractivity contribution in [3.63, 3.8) is 0 Å². The molecule has 0 bridgehead atoms. The zero-order chi connectivity index (χ0) is 25.0. The summed E-state index contributed by atoms with van der Waals surface area (Å²) in [5.41, 5.74) is 5.96. The third-order valence-electron chi connectivity index (χ3n) is 6.63. The molecule has 0 saturated carbocycles. The quantitative estimate of drug-likeness (QED) is 0.385. The van der Waals surface area contributed by atoms with E-state index in [1.807, 2.05) is 30.3 Å². The molecule has 180 valence electrons. The van der Waals surface area contributed by atoms with Crippen molar-refractivity contribution in [3.8, 4) is 11.5 Å². The van der Waals surface area contributed by atoms with Crippen molar-refractivity contribution < 1.29 is 9.84 Å². The highest BCUT2D eigenvalue weighted by atomic mass is 35.5. The Labute approximate surface area is 220 Å². The summed E-state index contributed by atoms with van der Waals surface area (Å²) in [6, 6.07) is 19.0. The molecule has 0 fully saturated rings. The van der Waals surface area contributed by atoms with Crippen LogP contribution >= 0.6 is 34.5 Å². The van der Waals surface area contributed by atoms with Gasteiger partial charge in [-0.05, 0) is 65.4 Å². The van der Waals surface area contributed by atoms with Crippen molar-refractivity contribution in [1.82, 2.24) is 4.57 Å². The Morgan fingerprint density at radius 1 is 1.11 bits per heavy atom. The van der Waals surface area contributed by atoms with E-state index < -0.39 is 0 Å². The number of rotatable bonds is 3. The number of nitrogens with zero attached hydrogens (tertiary/aromatic N) is 2. The number of benzene rings is 3. The average molecular weight is 535 g/mol. The van der Waals surface area contributed by atoms with Crippen molar-refractivity contribution in [3.05, 3.63) is 118 Å². The molecule has 1 atom stereocenters. The molecule has 2 aliphatic rings. The summed E-state index contributed by atoms with van der Waals surface area (Å²) < 4.78 is 7.53. The van der Waals surface area contributed by atoms with Crippen molar-refractivity contribution in [1.29, 1.82) is 0 Å². The van der Waals surface area contributed by atoms with Crippen LogP contribution in [0.4, 0.5) is 0 Å². The van der Waals surface area contributed by atoms with E-state index in [0.29, 0.717) is 19.9 Å². The van der Waals surface area contributed by atoms with Crippen molar-refractivity contribution in [2.45, 2.75) is 18.9 Å². The number of phenolic OH excluding ortho intramolecular Hbond substituents is 1. The summed E-state index contributed by atoms with van der Waals surface area (Å²) in [7, 11) is 1.46. The predicted molar refractivity (Wildman–Crippen MR) is 144 cm³/mol. The Morgan fingerprint density at radius 2 is 1.89 bits per heavy atom. The normalized spacial score (nSPS) is 16.8. The fraction of sp³-hybridized carbons (Fsp3) is 0.143. The van der Waals surface area contributed by atoms with Gasteiger partial charge in [0.15, 0.2) is 16.3 Å². The SMILES string of the molecule is COc1cc(/C=c2/sc3n(c2=O)[C@H](c2ccc(Cl)cc2)C2=C(N=3)c3ccccc3CC2)cc(Cl)c1O. The number of methoxy groups -OCH3 is 1. The van der Waals surface area contributed by atoms with E-state index in [9.17, 15) is 9.90 Å². The number of fused-ring (bicyclic) bond motifs is 3. The largest absolute Gasteiger partial charge is 0.503 e. The van der Waals surface area contributed by atoms with E-state index in [1.54, 1.807) is 22.8 Å². The van der Waals surface area contributed by atoms with Crippen molar-refractivity contribution in [2.24, 2.45) is 4.99 Å². The number of ether oxygens (including phenoxy) is 1. The molecule has 0 spiro atoms. The third kappa shape index (κ3) is 3.77. The number of thiazole rings is 1. The van der Waals surface area contributed by atoms with Gasteiger partial charge < -0.3 is 9.84 Å². The molecule has 1 N–H and O–H groups in total. The van der Waals surface area contributed by atoms with Gasteiger partial charge in [0.05, 0.1) is 28.4 Å². The first-order chi connectivity index (χ1) is 17.4. The molecule has 6 rings (SSSR count). The molecular formula is C28H20Cl2N2O3S. The van der Waals surface area contributed by atoms with E-state index in [4.69, 9.17) is 32.9 Å². The molecule has 0 radical (unpaired) electrons. The molecule has 0 amide bonds. The topological polar surface area (TPSA) is 63.8 Å². The van der Waals surface area contributed by atoms with E-state index >= 15 is 0 Å². The molecule has 1 aliphatic heterocycles. The van der Waals surface area contributed by atoms with Crippen LogP contribution in [0.15, 0.2) is 76.0 Å². The zero-order valence-corrected chi connectivity index (χ0v) is 21.5. The van der Waals surface area contributed by atoms with Crippen LogP contribution in [0.5, 0.6) is 11.5 Å². The van der Waals surface area contributed by atoms with Gasteiger partial charge in [-0.1, -0.05) is 70.9 Å². The maximum atomic E-state index is 13.8. The van der Waals surface area contributed by atoms with Crippen LogP contribution in [0.2, 0.25) is 10.0 Å². The smallest absolute Gasteiger partial charge is 0.271 e. The van der Waals surface area contributed by atoms with Gasteiger partial charge in [0.25, 0.3) is 5.56 Å². The predicted octanol–water partition coefficient (Wildman–Crippen LogP) is 5.34. The maximum Gasteiger partial charge on any atom is 0.271 e. The second-order valence-corrected chi connectivity index (χ2v) is 10.6. The minimum Gasteiger partial charge on any atom is -0.503 e. The molecule has 5 nitrogen and oxygen atoms in total. The minimum atomic E-state index is -0.276. The van der Waals surface area contributed by atoms with Gasteiger partial charge in [0.1, 0.15) is 0 Å². The Bertz CT molecular complexity index is 1740. The fourth-order valence-corrected chi connectivity index (χ4v) is 6.30. The number of phenols is 1. The highest BCUT2D eigenvalue weighted by molar-refractivity contribution is 7.07.